The first-order valence-electron chi connectivity index (χ1n) is 20.6. The summed E-state index contributed by atoms with van der Waals surface area (Å²) in [5.41, 5.74) is -0.511. The van der Waals surface area contributed by atoms with E-state index in [1.807, 2.05) is 20.8 Å². The molecule has 0 fully saturated rings. The fraction of sp³-hybridized carbons (Fsp3) is 0.975. The molecule has 0 spiro atoms. The van der Waals surface area contributed by atoms with Crippen LogP contribution in [0.2, 0.25) is 0 Å². The molecule has 0 aromatic heterocycles. The van der Waals surface area contributed by atoms with E-state index in [0.717, 1.165) is 13.0 Å². The second kappa shape index (κ2) is 44.7. The van der Waals surface area contributed by atoms with Crippen molar-refractivity contribution in [3.8, 4) is 0 Å². The lowest BCUT2D eigenvalue weighted by molar-refractivity contribution is -0.160. The molecule has 0 aliphatic carbocycles. The highest BCUT2D eigenvalue weighted by molar-refractivity contribution is 5.71. The van der Waals surface area contributed by atoms with Crippen LogP contribution in [0.25, 0.3) is 0 Å². The standard InChI is InChI=1S/C40H80O14/c1-5-6-7-8-9-10-11-12-13-14-15-42-16-17-43-18-19-44-20-21-45-22-23-46-24-25-47-26-27-48-28-29-49-30-31-50-32-33-51-34-35-52-36-37-53-38-39(41)54-40(2,3)4/h5-38H2,1-4H3. The number of unbranched alkanes of at least 4 members (excludes halogenated alkanes) is 9. The van der Waals surface area contributed by atoms with Crippen LogP contribution in [-0.2, 0) is 66.4 Å². The van der Waals surface area contributed by atoms with Gasteiger partial charge in [0.2, 0.25) is 0 Å². The molecule has 0 bridgehead atoms. The average molecular weight is 785 g/mol. The summed E-state index contributed by atoms with van der Waals surface area (Å²) in [6.45, 7) is 19.5. The van der Waals surface area contributed by atoms with Crippen molar-refractivity contribution in [1.29, 1.82) is 0 Å². The molecular weight excluding hydrogens is 704 g/mol. The van der Waals surface area contributed by atoms with Crippen LogP contribution in [0.4, 0.5) is 0 Å². The third kappa shape index (κ3) is 49.0. The summed E-state index contributed by atoms with van der Waals surface area (Å²) < 4.78 is 70.9. The smallest absolute Gasteiger partial charge is 0.332 e. The van der Waals surface area contributed by atoms with E-state index in [1.165, 1.54) is 57.8 Å². The van der Waals surface area contributed by atoms with Crippen LogP contribution < -0.4 is 0 Å². The lowest BCUT2D eigenvalue weighted by Gasteiger charge is -2.19. The number of ether oxygens (including phenoxy) is 13. The van der Waals surface area contributed by atoms with Crippen LogP contribution in [0, 0.1) is 0 Å². The number of carbonyl (C=O) groups excluding carboxylic acids is 1. The minimum Gasteiger partial charge on any atom is -0.458 e. The Morgan fingerprint density at radius 2 is 0.537 bits per heavy atom. The Morgan fingerprint density at radius 1 is 0.315 bits per heavy atom. The van der Waals surface area contributed by atoms with Gasteiger partial charge in [-0.1, -0.05) is 64.7 Å². The van der Waals surface area contributed by atoms with Gasteiger partial charge < -0.3 is 61.6 Å². The maximum atomic E-state index is 11.5. The Kier molecular flexibility index (Phi) is 43.9. The van der Waals surface area contributed by atoms with Gasteiger partial charge in [-0.15, -0.1) is 0 Å². The minimum absolute atomic E-state index is 0.0822. The number of hydrogen-bond donors (Lipinski definition) is 0. The number of rotatable bonds is 46. The summed E-state index contributed by atoms with van der Waals surface area (Å²) in [7, 11) is 0. The molecule has 0 heterocycles. The van der Waals surface area contributed by atoms with Gasteiger partial charge >= 0.3 is 5.97 Å². The lowest BCUT2D eigenvalue weighted by atomic mass is 10.1. The van der Waals surface area contributed by atoms with Crippen molar-refractivity contribution in [2.24, 2.45) is 0 Å². The molecule has 0 atom stereocenters. The van der Waals surface area contributed by atoms with Crippen LogP contribution in [0.3, 0.4) is 0 Å². The van der Waals surface area contributed by atoms with E-state index in [2.05, 4.69) is 6.92 Å². The molecule has 0 saturated carbocycles. The van der Waals surface area contributed by atoms with Crippen molar-refractivity contribution >= 4 is 5.97 Å². The average Bonchev–Trinajstić information content (AvgIpc) is 3.14. The largest absolute Gasteiger partial charge is 0.458 e. The summed E-state index contributed by atoms with van der Waals surface area (Å²) in [6.07, 6.45) is 13.4. The van der Waals surface area contributed by atoms with E-state index >= 15 is 0 Å². The molecule has 14 heteroatoms. The van der Waals surface area contributed by atoms with E-state index in [4.69, 9.17) is 61.6 Å². The molecule has 54 heavy (non-hydrogen) atoms. The normalized spacial score (nSPS) is 11.9. The molecule has 0 unspecified atom stereocenters. The Balaban J connectivity index is 3.09. The first-order chi connectivity index (χ1) is 26.5. The van der Waals surface area contributed by atoms with Crippen molar-refractivity contribution in [3.05, 3.63) is 0 Å². The van der Waals surface area contributed by atoms with E-state index in [9.17, 15) is 4.79 Å². The maximum Gasteiger partial charge on any atom is 0.332 e. The molecule has 0 amide bonds. The van der Waals surface area contributed by atoms with Crippen molar-refractivity contribution in [2.45, 2.75) is 97.5 Å². The number of carbonyl (C=O) groups is 1. The molecule has 0 aliphatic heterocycles. The van der Waals surface area contributed by atoms with Gasteiger partial charge in [-0.2, -0.15) is 0 Å². The molecule has 0 aromatic carbocycles. The highest BCUT2D eigenvalue weighted by Crippen LogP contribution is 2.10. The van der Waals surface area contributed by atoms with Crippen LogP contribution in [-0.4, -0.2) is 170 Å². The molecule has 0 rings (SSSR count). The molecule has 0 aromatic rings. The van der Waals surface area contributed by atoms with Crippen LogP contribution >= 0.6 is 0 Å². The first kappa shape index (κ1) is 53.0. The van der Waals surface area contributed by atoms with E-state index in [0.29, 0.717) is 145 Å². The van der Waals surface area contributed by atoms with Gasteiger partial charge in [-0.05, 0) is 27.2 Å². The Bertz CT molecular complexity index is 725. The summed E-state index contributed by atoms with van der Waals surface area (Å²) in [5, 5.41) is 0. The summed E-state index contributed by atoms with van der Waals surface area (Å²) in [5.74, 6) is -0.385. The van der Waals surface area contributed by atoms with Gasteiger partial charge in [0.1, 0.15) is 12.2 Å². The molecule has 0 saturated heterocycles. The van der Waals surface area contributed by atoms with Crippen molar-refractivity contribution in [3.63, 3.8) is 0 Å². The van der Waals surface area contributed by atoms with Gasteiger partial charge in [0.25, 0.3) is 0 Å². The second-order valence-electron chi connectivity index (χ2n) is 13.6. The lowest BCUT2D eigenvalue weighted by Crippen LogP contribution is -2.27. The van der Waals surface area contributed by atoms with Crippen LogP contribution in [0.5, 0.6) is 0 Å². The van der Waals surface area contributed by atoms with Crippen molar-refractivity contribution in [1.82, 2.24) is 0 Å². The van der Waals surface area contributed by atoms with Crippen LogP contribution in [0.1, 0.15) is 91.9 Å². The quantitative estimate of drug-likeness (QED) is 0.0572. The molecule has 0 aliphatic rings. The van der Waals surface area contributed by atoms with Gasteiger partial charge in [-0.25, -0.2) is 4.79 Å². The van der Waals surface area contributed by atoms with Crippen LogP contribution in [0.15, 0.2) is 0 Å². The fourth-order valence-electron chi connectivity index (χ4n) is 4.64. The zero-order chi connectivity index (χ0) is 39.3. The van der Waals surface area contributed by atoms with E-state index in [-0.39, 0.29) is 12.6 Å². The molecule has 14 nitrogen and oxygen atoms in total. The SMILES string of the molecule is CCCCCCCCCCCCOCCOCCOCCOCCOCCOCCOCCOCCOCCOCCOCCOCC(=O)OC(C)(C)C. The summed E-state index contributed by atoms with van der Waals surface area (Å²) in [6, 6.07) is 0. The van der Waals surface area contributed by atoms with Crippen molar-refractivity contribution < 1.29 is 66.4 Å². The predicted molar refractivity (Wildman–Crippen MR) is 208 cm³/mol. The van der Waals surface area contributed by atoms with Gasteiger partial charge in [0, 0.05) is 6.61 Å². The zero-order valence-corrected chi connectivity index (χ0v) is 34.8. The molecule has 324 valence electrons. The third-order valence-electron chi connectivity index (χ3n) is 7.37. The predicted octanol–water partition coefficient (Wildman–Crippen LogP) is 5.45. The molecular formula is C40H80O14. The highest BCUT2D eigenvalue weighted by atomic mass is 16.6. The highest BCUT2D eigenvalue weighted by Gasteiger charge is 2.15. The van der Waals surface area contributed by atoms with Gasteiger partial charge in [0.05, 0.1) is 145 Å². The Labute approximate surface area is 328 Å². The van der Waals surface area contributed by atoms with E-state index < -0.39 is 5.60 Å². The summed E-state index contributed by atoms with van der Waals surface area (Å²) >= 11 is 0. The fourth-order valence-corrected chi connectivity index (χ4v) is 4.64. The second-order valence-corrected chi connectivity index (χ2v) is 13.6. The van der Waals surface area contributed by atoms with E-state index in [1.54, 1.807) is 0 Å². The van der Waals surface area contributed by atoms with Crippen molar-refractivity contribution in [2.75, 3.05) is 159 Å². The first-order valence-corrected chi connectivity index (χ1v) is 20.6. The number of esters is 1. The minimum atomic E-state index is -0.511. The topological polar surface area (TPSA) is 137 Å². The van der Waals surface area contributed by atoms with Gasteiger partial charge in [0.15, 0.2) is 0 Å². The molecule has 0 N–H and O–H groups in total. The third-order valence-corrected chi connectivity index (χ3v) is 7.37. The number of hydrogen-bond acceptors (Lipinski definition) is 14. The summed E-state index contributed by atoms with van der Waals surface area (Å²) in [4.78, 5) is 11.5. The van der Waals surface area contributed by atoms with Gasteiger partial charge in [-0.3, -0.25) is 0 Å². The monoisotopic (exact) mass is 785 g/mol. The Hall–Kier alpha value is -1.01. The zero-order valence-electron chi connectivity index (χ0n) is 34.8. The Morgan fingerprint density at radius 3 is 0.796 bits per heavy atom. The maximum absolute atomic E-state index is 11.5. The molecule has 0 radical (unpaired) electrons.